The van der Waals surface area contributed by atoms with Crippen LogP contribution in [-0.2, 0) is 22.4 Å². The second-order valence-corrected chi connectivity index (χ2v) is 7.76. The van der Waals surface area contributed by atoms with Crippen LogP contribution < -0.4 is 11.1 Å². The van der Waals surface area contributed by atoms with E-state index in [1.807, 2.05) is 24.3 Å². The Kier molecular flexibility index (Phi) is 5.02. The molecule has 1 atom stereocenters. The lowest BCUT2D eigenvalue weighted by atomic mass is 10.0. The van der Waals surface area contributed by atoms with Gasteiger partial charge < -0.3 is 15.8 Å². The average molecular weight is 409 g/mol. The maximum Gasteiger partial charge on any atom is 0.339 e. The van der Waals surface area contributed by atoms with E-state index in [1.54, 1.807) is 5.38 Å². The third-order valence-electron chi connectivity index (χ3n) is 4.94. The third-order valence-corrected chi connectivity index (χ3v) is 5.77. The Morgan fingerprint density at radius 2 is 2.00 bits per heavy atom. The van der Waals surface area contributed by atoms with Crippen molar-refractivity contribution in [2.75, 3.05) is 5.32 Å². The number of carbonyl (C=O) groups excluding carboxylic acids is 3. The van der Waals surface area contributed by atoms with Gasteiger partial charge in [0.15, 0.2) is 6.10 Å². The van der Waals surface area contributed by atoms with Gasteiger partial charge in [-0.25, -0.2) is 4.79 Å². The number of rotatable bonds is 5. The number of aromatic nitrogens is 1. The van der Waals surface area contributed by atoms with Crippen LogP contribution >= 0.6 is 11.3 Å². The molecule has 4 rings (SSSR count). The van der Waals surface area contributed by atoms with Crippen molar-refractivity contribution in [3.8, 4) is 0 Å². The molecule has 0 radical (unpaired) electrons. The first-order valence-corrected chi connectivity index (χ1v) is 10.1. The Balaban J connectivity index is 1.57. The molecule has 2 heterocycles. The van der Waals surface area contributed by atoms with E-state index in [9.17, 15) is 14.4 Å². The summed E-state index contributed by atoms with van der Waals surface area (Å²) in [6.45, 7) is 1.49. The molecule has 1 aliphatic rings. The molecule has 0 aliphatic heterocycles. The predicted octanol–water partition coefficient (Wildman–Crippen LogP) is 3.07. The molecule has 0 bridgehead atoms. The summed E-state index contributed by atoms with van der Waals surface area (Å²) in [6, 6.07) is 8.96. The van der Waals surface area contributed by atoms with Crippen LogP contribution in [0.25, 0.3) is 10.9 Å². The largest absolute Gasteiger partial charge is 0.449 e. The van der Waals surface area contributed by atoms with Gasteiger partial charge in [-0.1, -0.05) is 18.2 Å². The summed E-state index contributed by atoms with van der Waals surface area (Å²) >= 11 is 1.18. The molecule has 7 nitrogen and oxygen atoms in total. The zero-order valence-corrected chi connectivity index (χ0v) is 16.5. The van der Waals surface area contributed by atoms with Crippen LogP contribution in [0.2, 0.25) is 0 Å². The quantitative estimate of drug-likeness (QED) is 0.629. The van der Waals surface area contributed by atoms with Gasteiger partial charge in [0.05, 0.1) is 16.6 Å². The lowest BCUT2D eigenvalue weighted by molar-refractivity contribution is -0.123. The summed E-state index contributed by atoms with van der Waals surface area (Å²) < 4.78 is 5.49. The minimum Gasteiger partial charge on any atom is -0.449 e. The number of nitrogens with one attached hydrogen (secondary N) is 1. The Bertz CT molecular complexity index is 1140. The summed E-state index contributed by atoms with van der Waals surface area (Å²) in [5, 5.41) is 5.31. The number of primary amides is 1. The molecule has 3 aromatic rings. The molecule has 0 unspecified atom stereocenters. The Labute approximate surface area is 170 Å². The van der Waals surface area contributed by atoms with E-state index in [0.717, 1.165) is 41.4 Å². The number of fused-ring (bicyclic) bond motifs is 2. The highest BCUT2D eigenvalue weighted by Gasteiger charge is 2.27. The molecule has 2 amide bonds. The van der Waals surface area contributed by atoms with Crippen LogP contribution in [-0.4, -0.2) is 28.9 Å². The maximum absolute atomic E-state index is 13.0. The first kappa shape index (κ1) is 19.1. The Hall–Kier alpha value is -3.26. The molecule has 0 fully saturated rings. The molecule has 1 aliphatic carbocycles. The van der Waals surface area contributed by atoms with Crippen molar-refractivity contribution in [2.24, 2.45) is 5.73 Å². The van der Waals surface area contributed by atoms with Crippen molar-refractivity contribution >= 4 is 45.0 Å². The fourth-order valence-electron chi connectivity index (χ4n) is 3.53. The van der Waals surface area contributed by atoms with Gasteiger partial charge in [-0.05, 0) is 49.3 Å². The highest BCUT2D eigenvalue weighted by atomic mass is 32.1. The summed E-state index contributed by atoms with van der Waals surface area (Å²) in [5.41, 5.74) is 8.55. The number of benzene rings is 1. The van der Waals surface area contributed by atoms with Crippen LogP contribution in [0.15, 0.2) is 35.7 Å². The fraction of sp³-hybridized carbons (Fsp3) is 0.238. The molecule has 3 N–H and O–H groups in total. The van der Waals surface area contributed by atoms with Crippen LogP contribution in [0.4, 0.5) is 5.00 Å². The van der Waals surface area contributed by atoms with Gasteiger partial charge in [0.2, 0.25) is 0 Å². The zero-order valence-electron chi connectivity index (χ0n) is 15.7. The molecule has 1 aromatic carbocycles. The fourth-order valence-corrected chi connectivity index (χ4v) is 4.33. The molecule has 0 spiro atoms. The molecule has 29 heavy (non-hydrogen) atoms. The minimum absolute atomic E-state index is 0.222. The number of carbonyl (C=O) groups is 3. The summed E-state index contributed by atoms with van der Waals surface area (Å²) in [5.74, 6) is -1.71. The number of thiophene rings is 1. The average Bonchev–Trinajstić information content (AvgIpc) is 3.34. The summed E-state index contributed by atoms with van der Waals surface area (Å²) in [4.78, 5) is 41.6. The highest BCUT2D eigenvalue weighted by molar-refractivity contribution is 7.14. The summed E-state index contributed by atoms with van der Waals surface area (Å²) in [6.07, 6.45) is 1.47. The van der Waals surface area contributed by atoms with Gasteiger partial charge >= 0.3 is 5.97 Å². The number of hydrogen-bond donors (Lipinski definition) is 2. The van der Waals surface area contributed by atoms with Gasteiger partial charge in [-0.2, -0.15) is 0 Å². The molecule has 148 valence electrons. The van der Waals surface area contributed by atoms with E-state index >= 15 is 0 Å². The smallest absolute Gasteiger partial charge is 0.339 e. The number of pyridine rings is 1. The maximum atomic E-state index is 13.0. The minimum atomic E-state index is -1.05. The monoisotopic (exact) mass is 409 g/mol. The lowest BCUT2D eigenvalue weighted by Gasteiger charge is -2.16. The normalized spacial score (nSPS) is 13.7. The van der Waals surface area contributed by atoms with Gasteiger partial charge in [0.1, 0.15) is 5.00 Å². The number of hydrogen-bond acceptors (Lipinski definition) is 6. The van der Waals surface area contributed by atoms with Crippen molar-refractivity contribution < 1.29 is 19.1 Å². The van der Waals surface area contributed by atoms with Crippen molar-refractivity contribution in [3.05, 3.63) is 58.1 Å². The van der Waals surface area contributed by atoms with Crippen molar-refractivity contribution in [1.82, 2.24) is 4.98 Å². The molecule has 8 heteroatoms. The second kappa shape index (κ2) is 7.63. The number of ether oxygens (including phenoxy) is 1. The molecular weight excluding hydrogens is 390 g/mol. The first-order valence-electron chi connectivity index (χ1n) is 9.25. The van der Waals surface area contributed by atoms with Crippen molar-refractivity contribution in [2.45, 2.75) is 32.3 Å². The van der Waals surface area contributed by atoms with Crippen LogP contribution in [0, 0.1) is 0 Å². The van der Waals surface area contributed by atoms with Gasteiger partial charge in [-0.3, -0.25) is 14.6 Å². The van der Waals surface area contributed by atoms with E-state index < -0.39 is 23.9 Å². The van der Waals surface area contributed by atoms with E-state index in [0.29, 0.717) is 10.6 Å². The molecule has 0 saturated heterocycles. The second-order valence-electron chi connectivity index (χ2n) is 6.85. The molecule has 0 saturated carbocycles. The SMILES string of the molecule is C[C@@H](OC(=O)c1c2c(nc3ccccc13)CCC2)C(=O)Nc1sccc1C(N)=O. The number of anilines is 1. The molecular formula is C21H19N3O4S. The van der Waals surface area contributed by atoms with E-state index in [2.05, 4.69) is 10.3 Å². The van der Waals surface area contributed by atoms with Gasteiger partial charge in [0, 0.05) is 11.1 Å². The van der Waals surface area contributed by atoms with Crippen LogP contribution in [0.1, 0.15) is 45.3 Å². The standard InChI is InChI=1S/C21H19N3O4S/c1-11(19(26)24-20-14(18(22)25)9-10-29-20)28-21(27)17-12-5-2-3-7-15(12)23-16-8-4-6-13(16)17/h2-3,5,7,9-11H,4,6,8H2,1H3,(H2,22,25)(H,24,26)/t11-/m1/s1. The number of amides is 2. The first-order chi connectivity index (χ1) is 14.0. The van der Waals surface area contributed by atoms with E-state index in [-0.39, 0.29) is 5.56 Å². The number of nitrogens with zero attached hydrogens (tertiary/aromatic N) is 1. The van der Waals surface area contributed by atoms with Crippen LogP contribution in [0.3, 0.4) is 0 Å². The van der Waals surface area contributed by atoms with Gasteiger partial charge in [0.25, 0.3) is 11.8 Å². The Morgan fingerprint density at radius 1 is 1.21 bits per heavy atom. The van der Waals surface area contributed by atoms with Crippen molar-refractivity contribution in [1.29, 1.82) is 0 Å². The van der Waals surface area contributed by atoms with E-state index in [1.165, 1.54) is 24.3 Å². The lowest BCUT2D eigenvalue weighted by Crippen LogP contribution is -2.30. The zero-order chi connectivity index (χ0) is 20.5. The van der Waals surface area contributed by atoms with Crippen molar-refractivity contribution in [3.63, 3.8) is 0 Å². The third kappa shape index (κ3) is 3.58. The van der Waals surface area contributed by atoms with E-state index in [4.69, 9.17) is 10.5 Å². The van der Waals surface area contributed by atoms with Gasteiger partial charge in [-0.15, -0.1) is 11.3 Å². The topological polar surface area (TPSA) is 111 Å². The number of nitrogens with two attached hydrogens (primary N) is 1. The van der Waals surface area contributed by atoms with Crippen LogP contribution in [0.5, 0.6) is 0 Å². The summed E-state index contributed by atoms with van der Waals surface area (Å²) in [7, 11) is 0. The highest BCUT2D eigenvalue weighted by Crippen LogP contribution is 2.31. The Morgan fingerprint density at radius 3 is 2.79 bits per heavy atom. The number of esters is 1. The number of para-hydroxylation sites is 1. The predicted molar refractivity (Wildman–Crippen MR) is 110 cm³/mol. The molecule has 2 aromatic heterocycles. The number of aryl methyl sites for hydroxylation is 1.